The molecule has 222 valence electrons. The molecule has 1 heterocycles. The van der Waals surface area contributed by atoms with Crippen LogP contribution in [0.4, 0.5) is 4.39 Å². The number of nitrogens with two attached hydrogens (primary N) is 1. The molecule has 2 aliphatic rings. The second kappa shape index (κ2) is 13.3. The third-order valence-corrected chi connectivity index (χ3v) is 8.62. The average Bonchev–Trinajstić information content (AvgIpc) is 3.76. The van der Waals surface area contributed by atoms with E-state index >= 15 is 0 Å². The summed E-state index contributed by atoms with van der Waals surface area (Å²) in [6.45, 7) is 3.55. The van der Waals surface area contributed by atoms with E-state index in [1.165, 1.54) is 12.1 Å². The van der Waals surface area contributed by atoms with Gasteiger partial charge in [0, 0.05) is 44.2 Å². The van der Waals surface area contributed by atoms with Crippen LogP contribution in [-0.4, -0.2) is 91.6 Å². The van der Waals surface area contributed by atoms with Crippen LogP contribution >= 0.6 is 11.6 Å². The number of primary amides is 1. The maximum atomic E-state index is 14.1. The zero-order chi connectivity index (χ0) is 29.7. The highest BCUT2D eigenvalue weighted by Crippen LogP contribution is 2.35. The molecule has 9 nitrogen and oxygen atoms in total. The summed E-state index contributed by atoms with van der Waals surface area (Å²) < 4.78 is 19.1. The van der Waals surface area contributed by atoms with Gasteiger partial charge in [0.1, 0.15) is 11.9 Å². The van der Waals surface area contributed by atoms with Gasteiger partial charge in [0.05, 0.1) is 24.1 Å². The number of halogens is 2. The van der Waals surface area contributed by atoms with E-state index in [-0.39, 0.29) is 42.7 Å². The number of carbonyl (C=O) groups is 3. The largest absolute Gasteiger partial charge is 0.382 e. The number of nitrogens with one attached hydrogen (secondary N) is 2. The van der Waals surface area contributed by atoms with Gasteiger partial charge in [0.25, 0.3) is 0 Å². The summed E-state index contributed by atoms with van der Waals surface area (Å²) in [4.78, 5) is 43.7. The number of nitrogens with zero attached hydrogens (tertiary/aromatic N) is 2. The number of likely N-dealkylation sites (N-methyl/N-ethyl adjacent to an activating group) is 1. The Morgan fingerprint density at radius 2 is 1.78 bits per heavy atom. The zero-order valence-corrected chi connectivity index (χ0v) is 24.5. The van der Waals surface area contributed by atoms with Crippen LogP contribution in [0, 0.1) is 5.82 Å². The first-order valence-corrected chi connectivity index (χ1v) is 14.3. The predicted molar refractivity (Wildman–Crippen MR) is 155 cm³/mol. The number of piperazine rings is 1. The Labute approximate surface area is 245 Å². The lowest BCUT2D eigenvalue weighted by Crippen LogP contribution is -2.63. The van der Waals surface area contributed by atoms with Crippen molar-refractivity contribution in [1.29, 1.82) is 0 Å². The second-order valence-electron chi connectivity index (χ2n) is 11.0. The van der Waals surface area contributed by atoms with E-state index in [2.05, 4.69) is 15.5 Å². The minimum Gasteiger partial charge on any atom is -0.382 e. The number of hydrogen-bond donors (Lipinski definition) is 3. The van der Waals surface area contributed by atoms with Crippen LogP contribution in [0.3, 0.4) is 0 Å². The molecule has 3 amide bonds. The minimum atomic E-state index is -0.838. The average molecular weight is 588 g/mol. The van der Waals surface area contributed by atoms with Gasteiger partial charge in [0.15, 0.2) is 0 Å². The normalized spacial score (nSPS) is 20.6. The fourth-order valence-electron chi connectivity index (χ4n) is 5.70. The monoisotopic (exact) mass is 587 g/mol. The molecular formula is C30H39ClFN5O4. The van der Waals surface area contributed by atoms with Gasteiger partial charge in [-0.2, -0.15) is 0 Å². The molecule has 2 aromatic rings. The van der Waals surface area contributed by atoms with Gasteiger partial charge in [-0.25, -0.2) is 4.39 Å². The molecule has 41 heavy (non-hydrogen) atoms. The lowest BCUT2D eigenvalue weighted by molar-refractivity contribution is -0.143. The molecule has 0 spiro atoms. The van der Waals surface area contributed by atoms with Crippen molar-refractivity contribution in [1.82, 2.24) is 20.4 Å². The summed E-state index contributed by atoms with van der Waals surface area (Å²) >= 11 is 6.05. The highest BCUT2D eigenvalue weighted by molar-refractivity contribution is 6.30. The van der Waals surface area contributed by atoms with Crippen LogP contribution in [0.25, 0.3) is 0 Å². The van der Waals surface area contributed by atoms with Crippen molar-refractivity contribution in [2.45, 2.75) is 55.8 Å². The van der Waals surface area contributed by atoms with Crippen molar-refractivity contribution in [3.8, 4) is 0 Å². The topological polar surface area (TPSA) is 117 Å². The summed E-state index contributed by atoms with van der Waals surface area (Å²) in [5.74, 6) is -1.83. The zero-order valence-electron chi connectivity index (χ0n) is 23.7. The number of hydrogen-bond acceptors (Lipinski definition) is 6. The molecule has 11 heteroatoms. The van der Waals surface area contributed by atoms with Gasteiger partial charge in [-0.1, -0.05) is 35.9 Å². The van der Waals surface area contributed by atoms with Crippen LogP contribution in [0.15, 0.2) is 48.5 Å². The molecule has 0 bridgehead atoms. The van der Waals surface area contributed by atoms with Gasteiger partial charge >= 0.3 is 0 Å². The van der Waals surface area contributed by atoms with E-state index < -0.39 is 23.4 Å². The van der Waals surface area contributed by atoms with Crippen molar-refractivity contribution in [3.05, 3.63) is 70.5 Å². The Kier molecular flexibility index (Phi) is 10.0. The van der Waals surface area contributed by atoms with Gasteiger partial charge in [0.2, 0.25) is 17.7 Å². The molecule has 2 aromatic carbocycles. The Morgan fingerprint density at radius 1 is 1.12 bits per heavy atom. The third-order valence-electron chi connectivity index (χ3n) is 8.37. The molecule has 4 atom stereocenters. The van der Waals surface area contributed by atoms with E-state index in [0.717, 1.165) is 11.1 Å². The van der Waals surface area contributed by atoms with Crippen molar-refractivity contribution in [2.24, 2.45) is 5.73 Å². The van der Waals surface area contributed by atoms with Crippen LogP contribution < -0.4 is 16.4 Å². The van der Waals surface area contributed by atoms with E-state index in [1.807, 2.05) is 6.92 Å². The second-order valence-corrected chi connectivity index (χ2v) is 11.4. The van der Waals surface area contributed by atoms with Crippen molar-refractivity contribution >= 4 is 29.3 Å². The highest BCUT2D eigenvalue weighted by Gasteiger charge is 2.50. The standard InChI is InChI=1S/C30H39ClFN5O4/c1-19(26(27(33)38)21-6-8-22(31)9-7-21)36-14-15-37(24(17-36)18-41-3)28(39)25(16-20-4-10-23(32)11-5-20)35-29(40)30(34-2)12-13-30/h4-11,19,24-26,34H,12-18H2,1-3H3,(H2,33,38)(H,35,40). The first-order valence-electron chi connectivity index (χ1n) is 13.9. The number of amides is 3. The first-order chi connectivity index (χ1) is 19.6. The molecule has 1 aliphatic heterocycles. The van der Waals surface area contributed by atoms with Gasteiger partial charge in [-0.3, -0.25) is 19.3 Å². The summed E-state index contributed by atoms with van der Waals surface area (Å²) in [5, 5.41) is 6.62. The first kappa shape index (κ1) is 30.9. The Balaban J connectivity index is 1.53. The van der Waals surface area contributed by atoms with Crippen molar-refractivity contribution < 1.29 is 23.5 Å². The van der Waals surface area contributed by atoms with E-state index in [1.54, 1.807) is 55.5 Å². The maximum absolute atomic E-state index is 14.1. The number of carbonyl (C=O) groups excluding carboxylic acids is 3. The predicted octanol–water partition coefficient (Wildman–Crippen LogP) is 2.08. The number of benzene rings is 2. The van der Waals surface area contributed by atoms with Gasteiger partial charge < -0.3 is 26.0 Å². The van der Waals surface area contributed by atoms with E-state index in [4.69, 9.17) is 22.1 Å². The highest BCUT2D eigenvalue weighted by atomic mass is 35.5. The molecule has 1 aliphatic carbocycles. The van der Waals surface area contributed by atoms with Crippen molar-refractivity contribution in [2.75, 3.05) is 40.4 Å². The van der Waals surface area contributed by atoms with Crippen LogP contribution in [-0.2, 0) is 25.5 Å². The SMILES string of the molecule is CNC1(C(=O)NC(Cc2ccc(F)cc2)C(=O)N2CCN(C(C)C(C(N)=O)c3ccc(Cl)cc3)CC2COC)CC1. The summed E-state index contributed by atoms with van der Waals surface area (Å²) in [6, 6.07) is 11.6. The summed E-state index contributed by atoms with van der Waals surface area (Å²) in [5.41, 5.74) is 6.70. The van der Waals surface area contributed by atoms with E-state index in [9.17, 15) is 18.8 Å². The molecule has 4 N–H and O–H groups in total. The number of ether oxygens (including phenoxy) is 1. The Hall–Kier alpha value is -3.05. The third kappa shape index (κ3) is 7.24. The maximum Gasteiger partial charge on any atom is 0.245 e. The van der Waals surface area contributed by atoms with Crippen LogP contribution in [0.2, 0.25) is 5.02 Å². The molecular weight excluding hydrogens is 549 g/mol. The molecule has 2 fully saturated rings. The van der Waals surface area contributed by atoms with Gasteiger partial charge in [-0.05, 0) is 62.2 Å². The Bertz CT molecular complexity index is 1220. The van der Waals surface area contributed by atoms with Gasteiger partial charge in [-0.15, -0.1) is 0 Å². The quantitative estimate of drug-likeness (QED) is 0.350. The van der Waals surface area contributed by atoms with Crippen molar-refractivity contribution in [3.63, 3.8) is 0 Å². The lowest BCUT2D eigenvalue weighted by Gasteiger charge is -2.45. The molecule has 4 rings (SSSR count). The smallest absolute Gasteiger partial charge is 0.245 e. The summed E-state index contributed by atoms with van der Waals surface area (Å²) in [7, 11) is 3.31. The minimum absolute atomic E-state index is 0.219. The number of methoxy groups -OCH3 is 1. The summed E-state index contributed by atoms with van der Waals surface area (Å²) in [6.07, 6.45) is 1.62. The fourth-order valence-corrected chi connectivity index (χ4v) is 5.83. The number of rotatable bonds is 12. The molecule has 0 radical (unpaired) electrons. The molecule has 0 aromatic heterocycles. The van der Waals surface area contributed by atoms with E-state index in [0.29, 0.717) is 37.5 Å². The molecule has 4 unspecified atom stereocenters. The molecule has 1 saturated carbocycles. The van der Waals surface area contributed by atoms with Crippen LogP contribution in [0.5, 0.6) is 0 Å². The van der Waals surface area contributed by atoms with Crippen LogP contribution in [0.1, 0.15) is 36.8 Å². The molecule has 1 saturated heterocycles. The Morgan fingerprint density at radius 3 is 2.34 bits per heavy atom. The lowest BCUT2D eigenvalue weighted by atomic mass is 9.90. The fraction of sp³-hybridized carbons (Fsp3) is 0.500.